The first kappa shape index (κ1) is 22.1. The Labute approximate surface area is 174 Å². The fourth-order valence-corrected chi connectivity index (χ4v) is 2.62. The summed E-state index contributed by atoms with van der Waals surface area (Å²) in [6.45, 7) is 3.58. The lowest BCUT2D eigenvalue weighted by atomic mass is 10.1. The molecule has 6 N–H and O–H groups in total. The van der Waals surface area contributed by atoms with Crippen molar-refractivity contribution in [1.29, 1.82) is 0 Å². The third kappa shape index (κ3) is 7.04. The average Bonchev–Trinajstić information content (AvgIpc) is 2.65. The number of nitrogen functional groups attached to an aromatic ring is 1. The van der Waals surface area contributed by atoms with Crippen molar-refractivity contribution >= 4 is 40.9 Å². The monoisotopic (exact) mass is 417 g/mol. The van der Waals surface area contributed by atoms with Gasteiger partial charge in [-0.05, 0) is 43.9 Å². The maximum atomic E-state index is 12.2. The third-order valence-corrected chi connectivity index (χ3v) is 4.28. The summed E-state index contributed by atoms with van der Waals surface area (Å²) in [6, 6.07) is 7.69. The van der Waals surface area contributed by atoms with Gasteiger partial charge in [0, 0.05) is 19.2 Å². The largest absolute Gasteiger partial charge is 0.382 e. The van der Waals surface area contributed by atoms with Crippen LogP contribution in [0.4, 0.5) is 11.5 Å². The molecule has 2 amide bonds. The zero-order chi connectivity index (χ0) is 21.4. The van der Waals surface area contributed by atoms with Gasteiger partial charge >= 0.3 is 0 Å². The van der Waals surface area contributed by atoms with E-state index in [1.165, 1.54) is 6.92 Å². The summed E-state index contributed by atoms with van der Waals surface area (Å²) in [5.74, 6) is -0.757. The van der Waals surface area contributed by atoms with Gasteiger partial charge in [0.1, 0.15) is 0 Å². The number of benzene rings is 1. The molecular formula is C19H24ClN7O2. The van der Waals surface area contributed by atoms with Crippen LogP contribution in [-0.4, -0.2) is 34.3 Å². The predicted octanol–water partition coefficient (Wildman–Crippen LogP) is 2.05. The molecule has 0 saturated carbocycles. The van der Waals surface area contributed by atoms with E-state index >= 15 is 0 Å². The molecule has 1 heterocycles. The molecule has 29 heavy (non-hydrogen) atoms. The average molecular weight is 418 g/mol. The molecule has 0 radical (unpaired) electrons. The van der Waals surface area contributed by atoms with Gasteiger partial charge in [0.2, 0.25) is 5.91 Å². The van der Waals surface area contributed by atoms with E-state index in [0.717, 1.165) is 30.5 Å². The second-order valence-electron chi connectivity index (χ2n) is 6.39. The van der Waals surface area contributed by atoms with E-state index in [1.807, 2.05) is 24.3 Å². The molecule has 2 aromatic rings. The predicted molar refractivity (Wildman–Crippen MR) is 114 cm³/mol. The van der Waals surface area contributed by atoms with E-state index in [4.69, 9.17) is 23.1 Å². The van der Waals surface area contributed by atoms with Gasteiger partial charge in [-0.1, -0.05) is 23.7 Å². The quantitative estimate of drug-likeness (QED) is 0.307. The zero-order valence-corrected chi connectivity index (χ0v) is 17.1. The molecule has 0 unspecified atom stereocenters. The van der Waals surface area contributed by atoms with Gasteiger partial charge in [-0.3, -0.25) is 19.9 Å². The Morgan fingerprint density at radius 2 is 1.86 bits per heavy atom. The van der Waals surface area contributed by atoms with Gasteiger partial charge in [-0.2, -0.15) is 0 Å². The molecule has 9 nitrogen and oxygen atoms in total. The number of guanidine groups is 1. The SMILES string of the molecule is CC(=O)Nc1ccc(CCCCN=C(N)NC(=O)c2nc(Cl)c(C)nc2N)cc1. The number of aliphatic imine (C=N–C) groups is 1. The van der Waals surface area contributed by atoms with E-state index in [2.05, 4.69) is 25.6 Å². The van der Waals surface area contributed by atoms with Crippen LogP contribution in [-0.2, 0) is 11.2 Å². The number of carbonyl (C=O) groups is 2. The second-order valence-corrected chi connectivity index (χ2v) is 6.75. The van der Waals surface area contributed by atoms with Crippen molar-refractivity contribution in [3.63, 3.8) is 0 Å². The molecule has 0 fully saturated rings. The number of carbonyl (C=O) groups excluding carboxylic acids is 2. The van der Waals surface area contributed by atoms with Crippen LogP contribution in [0, 0.1) is 6.92 Å². The summed E-state index contributed by atoms with van der Waals surface area (Å²) in [6.07, 6.45) is 2.56. The van der Waals surface area contributed by atoms with Crippen molar-refractivity contribution in [3.05, 3.63) is 46.4 Å². The standard InChI is InChI=1S/C19H24ClN7O2/c1-11-16(20)26-15(17(21)24-11)18(29)27-19(22)23-10-4-3-5-13-6-8-14(9-7-13)25-12(2)28/h6-9H,3-5,10H2,1-2H3,(H2,21,24)(H,25,28)(H3,22,23,27,29). The number of nitrogens with two attached hydrogens (primary N) is 2. The maximum Gasteiger partial charge on any atom is 0.280 e. The van der Waals surface area contributed by atoms with Crippen LogP contribution in [0.15, 0.2) is 29.3 Å². The first-order valence-electron chi connectivity index (χ1n) is 9.03. The maximum absolute atomic E-state index is 12.2. The van der Waals surface area contributed by atoms with E-state index in [-0.39, 0.29) is 28.5 Å². The topological polar surface area (TPSA) is 148 Å². The van der Waals surface area contributed by atoms with Crippen LogP contribution < -0.4 is 22.1 Å². The second kappa shape index (κ2) is 10.4. The Bertz CT molecular complexity index is 914. The summed E-state index contributed by atoms with van der Waals surface area (Å²) < 4.78 is 0. The van der Waals surface area contributed by atoms with Crippen LogP contribution in [0.1, 0.15) is 41.5 Å². The van der Waals surface area contributed by atoms with Crippen LogP contribution in [0.3, 0.4) is 0 Å². The van der Waals surface area contributed by atoms with Crippen LogP contribution in [0.2, 0.25) is 5.15 Å². The molecule has 0 spiro atoms. The highest BCUT2D eigenvalue weighted by Gasteiger charge is 2.16. The molecule has 0 bridgehead atoms. The van der Waals surface area contributed by atoms with Crippen molar-refractivity contribution in [2.24, 2.45) is 10.7 Å². The van der Waals surface area contributed by atoms with Crippen LogP contribution >= 0.6 is 11.6 Å². The number of halogens is 1. The molecule has 0 saturated heterocycles. The minimum absolute atomic E-state index is 0.0208. The van der Waals surface area contributed by atoms with Crippen LogP contribution in [0.25, 0.3) is 0 Å². The lowest BCUT2D eigenvalue weighted by Crippen LogP contribution is -2.38. The number of anilines is 2. The number of aryl methyl sites for hydroxylation is 2. The van der Waals surface area contributed by atoms with Gasteiger partial charge in [0.15, 0.2) is 22.6 Å². The summed E-state index contributed by atoms with van der Waals surface area (Å²) in [4.78, 5) is 35.2. The molecule has 0 aliphatic carbocycles. The molecule has 154 valence electrons. The third-order valence-electron chi connectivity index (χ3n) is 3.93. The van der Waals surface area contributed by atoms with Gasteiger partial charge < -0.3 is 16.8 Å². The number of unbranched alkanes of at least 4 members (excludes halogenated alkanes) is 1. The minimum Gasteiger partial charge on any atom is -0.382 e. The fourth-order valence-electron chi connectivity index (χ4n) is 2.50. The summed E-state index contributed by atoms with van der Waals surface area (Å²) in [5.41, 5.74) is 13.7. The van der Waals surface area contributed by atoms with Gasteiger partial charge in [-0.15, -0.1) is 0 Å². The number of hydrogen-bond acceptors (Lipinski definition) is 6. The molecule has 1 aromatic carbocycles. The van der Waals surface area contributed by atoms with E-state index in [0.29, 0.717) is 12.2 Å². The number of nitrogens with one attached hydrogen (secondary N) is 2. The Balaban J connectivity index is 1.77. The van der Waals surface area contributed by atoms with E-state index in [1.54, 1.807) is 6.92 Å². The summed E-state index contributed by atoms with van der Waals surface area (Å²) in [7, 11) is 0. The highest BCUT2D eigenvalue weighted by Crippen LogP contribution is 2.14. The number of amides is 2. The van der Waals surface area contributed by atoms with Gasteiger partial charge in [0.05, 0.1) is 5.69 Å². The number of nitrogens with zero attached hydrogens (tertiary/aromatic N) is 3. The smallest absolute Gasteiger partial charge is 0.280 e. The van der Waals surface area contributed by atoms with Crippen molar-refractivity contribution < 1.29 is 9.59 Å². The first-order chi connectivity index (χ1) is 13.8. The number of aromatic nitrogens is 2. The Morgan fingerprint density at radius 3 is 2.52 bits per heavy atom. The Morgan fingerprint density at radius 1 is 1.17 bits per heavy atom. The fraction of sp³-hybridized carbons (Fsp3) is 0.316. The minimum atomic E-state index is -0.614. The number of rotatable bonds is 7. The van der Waals surface area contributed by atoms with Crippen molar-refractivity contribution in [1.82, 2.24) is 15.3 Å². The normalized spacial score (nSPS) is 11.2. The first-order valence-corrected chi connectivity index (χ1v) is 9.41. The van der Waals surface area contributed by atoms with Crippen molar-refractivity contribution in [3.8, 4) is 0 Å². The highest BCUT2D eigenvalue weighted by molar-refractivity contribution is 6.30. The highest BCUT2D eigenvalue weighted by atomic mass is 35.5. The van der Waals surface area contributed by atoms with Crippen LogP contribution in [0.5, 0.6) is 0 Å². The Hall–Kier alpha value is -3.20. The van der Waals surface area contributed by atoms with Gasteiger partial charge in [-0.25, -0.2) is 9.97 Å². The van der Waals surface area contributed by atoms with Gasteiger partial charge in [0.25, 0.3) is 5.91 Å². The molecule has 10 heteroatoms. The molecule has 2 rings (SSSR count). The Kier molecular flexibility index (Phi) is 7.90. The van der Waals surface area contributed by atoms with Crippen molar-refractivity contribution in [2.75, 3.05) is 17.6 Å². The summed E-state index contributed by atoms with van der Waals surface area (Å²) in [5, 5.41) is 5.26. The number of hydrogen-bond donors (Lipinski definition) is 4. The summed E-state index contributed by atoms with van der Waals surface area (Å²) >= 11 is 5.88. The molecular weight excluding hydrogens is 394 g/mol. The molecule has 1 aromatic heterocycles. The van der Waals surface area contributed by atoms with E-state index < -0.39 is 5.91 Å². The lowest BCUT2D eigenvalue weighted by molar-refractivity contribution is -0.114. The molecule has 0 aliphatic heterocycles. The lowest BCUT2D eigenvalue weighted by Gasteiger charge is -2.07. The molecule has 0 aliphatic rings. The van der Waals surface area contributed by atoms with E-state index in [9.17, 15) is 9.59 Å². The zero-order valence-electron chi connectivity index (χ0n) is 16.3. The molecule has 0 atom stereocenters. The van der Waals surface area contributed by atoms with Crippen molar-refractivity contribution in [2.45, 2.75) is 33.1 Å².